The number of halogens is 1. The summed E-state index contributed by atoms with van der Waals surface area (Å²) in [6, 6.07) is 12.7. The van der Waals surface area contributed by atoms with E-state index in [-0.39, 0.29) is 17.8 Å². The lowest BCUT2D eigenvalue weighted by atomic mass is 10.2. The molecule has 33 heavy (non-hydrogen) atoms. The first kappa shape index (κ1) is 24.5. The second kappa shape index (κ2) is 11.6. The summed E-state index contributed by atoms with van der Waals surface area (Å²) in [5.74, 6) is 2.11. The van der Waals surface area contributed by atoms with Crippen LogP contribution in [0.15, 0.2) is 60.3 Å². The predicted molar refractivity (Wildman–Crippen MR) is 130 cm³/mol. The van der Waals surface area contributed by atoms with Gasteiger partial charge in [0.2, 0.25) is 5.91 Å². The maximum Gasteiger partial charge on any atom is 0.234 e. The number of carbonyl (C=O) groups excluding carboxylic acids is 1. The van der Waals surface area contributed by atoms with Crippen LogP contribution in [0.4, 0.5) is 5.69 Å². The highest BCUT2D eigenvalue weighted by atomic mass is 35.5. The first-order chi connectivity index (χ1) is 16.0. The number of anilines is 1. The van der Waals surface area contributed by atoms with Crippen LogP contribution < -0.4 is 19.5 Å². The average Bonchev–Trinajstić information content (AvgIpc) is 3.22. The average molecular weight is 489 g/mol. The van der Waals surface area contributed by atoms with E-state index in [1.807, 2.05) is 41.8 Å². The molecule has 0 saturated heterocycles. The molecule has 0 fully saturated rings. The Morgan fingerprint density at radius 3 is 2.61 bits per heavy atom. The number of ether oxygens (including phenoxy) is 3. The van der Waals surface area contributed by atoms with Crippen molar-refractivity contribution in [2.24, 2.45) is 0 Å². The molecule has 3 rings (SSSR count). The van der Waals surface area contributed by atoms with Crippen LogP contribution in [-0.2, 0) is 11.3 Å². The standard InChI is InChI=1S/C23H25ClN4O4S/c1-5-11-28-22(15(2)32-16-9-7-6-8-10-16)26-27-23(28)33-14-21(29)25-18-13-19(30-3)17(24)12-20(18)31-4/h5-10,12-13,15H,1,11,14H2,2-4H3,(H,25,29). The van der Waals surface area contributed by atoms with Crippen molar-refractivity contribution < 1.29 is 19.0 Å². The fraction of sp³-hybridized carbons (Fsp3) is 0.261. The molecule has 0 saturated carbocycles. The number of para-hydroxylation sites is 1. The Kier molecular flexibility index (Phi) is 8.62. The molecule has 1 unspecified atom stereocenters. The van der Waals surface area contributed by atoms with Crippen LogP contribution in [0.2, 0.25) is 5.02 Å². The maximum atomic E-state index is 12.6. The topological polar surface area (TPSA) is 87.5 Å². The lowest BCUT2D eigenvalue weighted by molar-refractivity contribution is -0.113. The van der Waals surface area contributed by atoms with Gasteiger partial charge in [-0.25, -0.2) is 0 Å². The van der Waals surface area contributed by atoms with Gasteiger partial charge in [0.05, 0.1) is 30.7 Å². The third-order valence-electron chi connectivity index (χ3n) is 4.56. The molecular weight excluding hydrogens is 464 g/mol. The number of rotatable bonds is 11. The Morgan fingerprint density at radius 1 is 1.21 bits per heavy atom. The summed E-state index contributed by atoms with van der Waals surface area (Å²) in [5.41, 5.74) is 0.461. The molecule has 174 valence electrons. The number of amides is 1. The SMILES string of the molecule is C=CCn1c(SCC(=O)Nc2cc(OC)c(Cl)cc2OC)nnc1C(C)Oc1ccccc1. The van der Waals surface area contributed by atoms with Gasteiger partial charge < -0.3 is 19.5 Å². The van der Waals surface area contributed by atoms with E-state index >= 15 is 0 Å². The Morgan fingerprint density at radius 2 is 1.94 bits per heavy atom. The van der Waals surface area contributed by atoms with Crippen LogP contribution in [0, 0.1) is 0 Å². The summed E-state index contributed by atoms with van der Waals surface area (Å²) in [4.78, 5) is 12.6. The number of hydrogen-bond donors (Lipinski definition) is 1. The molecule has 1 aromatic heterocycles. The van der Waals surface area contributed by atoms with Gasteiger partial charge in [-0.15, -0.1) is 16.8 Å². The van der Waals surface area contributed by atoms with Crippen LogP contribution in [0.5, 0.6) is 17.2 Å². The van der Waals surface area contributed by atoms with Gasteiger partial charge in [0.1, 0.15) is 17.2 Å². The molecule has 8 nitrogen and oxygen atoms in total. The highest BCUT2D eigenvalue weighted by molar-refractivity contribution is 7.99. The van der Waals surface area contributed by atoms with E-state index in [1.165, 1.54) is 26.0 Å². The van der Waals surface area contributed by atoms with Crippen molar-refractivity contribution in [3.8, 4) is 17.2 Å². The molecule has 1 atom stereocenters. The van der Waals surface area contributed by atoms with E-state index in [1.54, 1.807) is 18.2 Å². The van der Waals surface area contributed by atoms with Gasteiger partial charge in [-0.2, -0.15) is 0 Å². The number of carbonyl (C=O) groups is 1. The summed E-state index contributed by atoms with van der Waals surface area (Å²) in [5, 5.41) is 12.3. The molecule has 2 aromatic carbocycles. The number of methoxy groups -OCH3 is 2. The Labute approximate surface area is 201 Å². The van der Waals surface area contributed by atoms with Crippen molar-refractivity contribution in [3.63, 3.8) is 0 Å². The minimum absolute atomic E-state index is 0.108. The summed E-state index contributed by atoms with van der Waals surface area (Å²) in [6.07, 6.45) is 1.41. The lowest BCUT2D eigenvalue weighted by Crippen LogP contribution is -2.16. The Balaban J connectivity index is 1.70. The minimum Gasteiger partial charge on any atom is -0.495 e. The number of benzene rings is 2. The molecule has 1 heterocycles. The third kappa shape index (κ3) is 6.21. The van der Waals surface area contributed by atoms with Crippen molar-refractivity contribution in [2.45, 2.75) is 24.7 Å². The summed E-state index contributed by atoms with van der Waals surface area (Å²) < 4.78 is 18.4. The molecule has 3 aromatic rings. The minimum atomic E-state index is -0.339. The molecule has 10 heteroatoms. The maximum absolute atomic E-state index is 12.6. The molecule has 0 spiro atoms. The third-order valence-corrected chi connectivity index (χ3v) is 5.82. The lowest BCUT2D eigenvalue weighted by Gasteiger charge is -2.16. The van der Waals surface area contributed by atoms with Crippen molar-refractivity contribution >= 4 is 35.0 Å². The second-order valence-corrected chi connectivity index (χ2v) is 8.19. The number of thioether (sulfide) groups is 1. The molecule has 1 amide bonds. The number of hydrogen-bond acceptors (Lipinski definition) is 7. The summed E-state index contributed by atoms with van der Waals surface area (Å²) in [7, 11) is 3.00. The van der Waals surface area contributed by atoms with E-state index in [9.17, 15) is 4.79 Å². The van der Waals surface area contributed by atoms with Gasteiger partial charge >= 0.3 is 0 Å². The fourth-order valence-electron chi connectivity index (χ4n) is 3.04. The molecule has 0 aliphatic rings. The molecular formula is C23H25ClN4O4S. The highest BCUT2D eigenvalue weighted by Crippen LogP contribution is 2.36. The van der Waals surface area contributed by atoms with Crippen molar-refractivity contribution in [1.29, 1.82) is 0 Å². The molecule has 0 radical (unpaired) electrons. The number of nitrogens with one attached hydrogen (secondary N) is 1. The number of nitrogens with zero attached hydrogens (tertiary/aromatic N) is 3. The largest absolute Gasteiger partial charge is 0.495 e. The molecule has 0 aliphatic heterocycles. The first-order valence-electron chi connectivity index (χ1n) is 10.1. The van der Waals surface area contributed by atoms with Gasteiger partial charge in [0.15, 0.2) is 17.1 Å². The van der Waals surface area contributed by atoms with Gasteiger partial charge in [-0.1, -0.05) is 47.6 Å². The number of allylic oxidation sites excluding steroid dienone is 1. The predicted octanol–water partition coefficient (Wildman–Crippen LogP) is 5.01. The smallest absolute Gasteiger partial charge is 0.234 e. The zero-order valence-corrected chi connectivity index (χ0v) is 20.2. The van der Waals surface area contributed by atoms with Gasteiger partial charge in [-0.05, 0) is 19.1 Å². The van der Waals surface area contributed by atoms with Crippen molar-refractivity contribution in [1.82, 2.24) is 14.8 Å². The van der Waals surface area contributed by atoms with E-state index < -0.39 is 0 Å². The first-order valence-corrected chi connectivity index (χ1v) is 11.4. The van der Waals surface area contributed by atoms with Crippen molar-refractivity contribution in [3.05, 3.63) is 66.0 Å². The van der Waals surface area contributed by atoms with Crippen LogP contribution in [-0.4, -0.2) is 40.6 Å². The summed E-state index contributed by atoms with van der Waals surface area (Å²) in [6.45, 7) is 6.20. The zero-order chi connectivity index (χ0) is 23.8. The van der Waals surface area contributed by atoms with E-state index in [2.05, 4.69) is 22.1 Å². The van der Waals surface area contributed by atoms with Crippen LogP contribution in [0.25, 0.3) is 0 Å². The zero-order valence-electron chi connectivity index (χ0n) is 18.6. The number of aromatic nitrogens is 3. The van der Waals surface area contributed by atoms with Gasteiger partial charge in [0, 0.05) is 18.7 Å². The fourth-order valence-corrected chi connectivity index (χ4v) is 4.02. The highest BCUT2D eigenvalue weighted by Gasteiger charge is 2.20. The van der Waals surface area contributed by atoms with E-state index in [4.69, 9.17) is 25.8 Å². The van der Waals surface area contributed by atoms with Gasteiger partial charge in [-0.3, -0.25) is 9.36 Å². The Bertz CT molecular complexity index is 1110. The van der Waals surface area contributed by atoms with Gasteiger partial charge in [0.25, 0.3) is 0 Å². The molecule has 1 N–H and O–H groups in total. The monoisotopic (exact) mass is 488 g/mol. The second-order valence-electron chi connectivity index (χ2n) is 6.84. The van der Waals surface area contributed by atoms with E-state index in [0.29, 0.717) is 39.7 Å². The van der Waals surface area contributed by atoms with Crippen LogP contribution in [0.3, 0.4) is 0 Å². The quantitative estimate of drug-likeness (QED) is 0.300. The van der Waals surface area contributed by atoms with Crippen LogP contribution >= 0.6 is 23.4 Å². The van der Waals surface area contributed by atoms with E-state index in [0.717, 1.165) is 5.75 Å². The Hall–Kier alpha value is -3.17. The summed E-state index contributed by atoms with van der Waals surface area (Å²) >= 11 is 7.39. The molecule has 0 bridgehead atoms. The molecule has 0 aliphatic carbocycles. The normalized spacial score (nSPS) is 11.5. The van der Waals surface area contributed by atoms with Crippen molar-refractivity contribution in [2.75, 3.05) is 25.3 Å². The van der Waals surface area contributed by atoms with Crippen LogP contribution in [0.1, 0.15) is 18.9 Å².